The Morgan fingerprint density at radius 3 is 2.45 bits per heavy atom. The number of nitrogens with one attached hydrogen (secondary N) is 2. The topological polar surface area (TPSA) is 75.3 Å². The molecule has 1 aromatic carbocycles. The summed E-state index contributed by atoms with van der Waals surface area (Å²) in [5.74, 6) is 1.87. The van der Waals surface area contributed by atoms with E-state index in [4.69, 9.17) is 6.42 Å². The molecule has 0 fully saturated rings. The third-order valence-corrected chi connectivity index (χ3v) is 3.93. The number of halogens is 1. The normalized spacial score (nSPS) is 10.6. The van der Waals surface area contributed by atoms with Crippen LogP contribution in [0.15, 0.2) is 40.2 Å². The molecule has 0 saturated heterocycles. The van der Waals surface area contributed by atoms with Crippen molar-refractivity contribution in [3.63, 3.8) is 0 Å². The number of amides is 1. The van der Waals surface area contributed by atoms with Crippen LogP contribution in [-0.2, 0) is 10.0 Å². The number of terminal acetylenes is 1. The summed E-state index contributed by atoms with van der Waals surface area (Å²) in [6.07, 6.45) is 4.99. The first kappa shape index (κ1) is 16.4. The Kier molecular flexibility index (Phi) is 5.95. The zero-order valence-electron chi connectivity index (χ0n) is 10.5. The molecule has 1 rings (SSSR count). The molecular weight excluding hydrogens is 344 g/mol. The predicted octanol–water partition coefficient (Wildman–Crippen LogP) is 1.24. The number of benzene rings is 1. The van der Waals surface area contributed by atoms with Crippen LogP contribution in [0.1, 0.15) is 10.4 Å². The molecule has 0 unspecified atom stereocenters. The fourth-order valence-electron chi connectivity index (χ4n) is 1.28. The van der Waals surface area contributed by atoms with E-state index in [-0.39, 0.29) is 17.3 Å². The van der Waals surface area contributed by atoms with Crippen molar-refractivity contribution in [1.29, 1.82) is 0 Å². The second kappa shape index (κ2) is 7.24. The first-order chi connectivity index (χ1) is 9.36. The molecule has 0 aliphatic carbocycles. The number of rotatable bonds is 6. The van der Waals surface area contributed by atoms with Crippen molar-refractivity contribution < 1.29 is 13.2 Å². The molecule has 0 saturated carbocycles. The van der Waals surface area contributed by atoms with E-state index in [0.717, 1.165) is 0 Å². The summed E-state index contributed by atoms with van der Waals surface area (Å²) in [7, 11) is -3.64. The first-order valence-electron chi connectivity index (χ1n) is 5.51. The highest BCUT2D eigenvalue weighted by Crippen LogP contribution is 2.10. The van der Waals surface area contributed by atoms with Gasteiger partial charge in [-0.15, -0.1) is 6.42 Å². The van der Waals surface area contributed by atoms with Gasteiger partial charge in [-0.05, 0) is 24.3 Å². The van der Waals surface area contributed by atoms with Crippen molar-refractivity contribution in [1.82, 2.24) is 10.0 Å². The molecule has 0 bridgehead atoms. The Labute approximate surface area is 126 Å². The maximum Gasteiger partial charge on any atom is 0.251 e. The Hall–Kier alpha value is -1.62. The second-order valence-electron chi connectivity index (χ2n) is 3.75. The Bertz CT molecular complexity index is 645. The van der Waals surface area contributed by atoms with Crippen LogP contribution in [0.5, 0.6) is 0 Å². The SMILES string of the molecule is C#CCNS(=O)(=O)c1ccc(C(=O)NCC(=C)Br)cc1. The van der Waals surface area contributed by atoms with Crippen LogP contribution in [-0.4, -0.2) is 27.4 Å². The Morgan fingerprint density at radius 2 is 1.95 bits per heavy atom. The lowest BCUT2D eigenvalue weighted by molar-refractivity contribution is 0.0957. The van der Waals surface area contributed by atoms with Gasteiger partial charge in [-0.25, -0.2) is 8.42 Å². The zero-order chi connectivity index (χ0) is 15.2. The maximum absolute atomic E-state index is 11.8. The van der Waals surface area contributed by atoms with Crippen LogP contribution >= 0.6 is 15.9 Å². The molecule has 0 aromatic heterocycles. The number of carbonyl (C=O) groups is 1. The van der Waals surface area contributed by atoms with E-state index in [9.17, 15) is 13.2 Å². The molecule has 0 aliphatic rings. The van der Waals surface area contributed by atoms with Crippen molar-refractivity contribution in [2.75, 3.05) is 13.1 Å². The van der Waals surface area contributed by atoms with Gasteiger partial charge in [0.25, 0.3) is 5.91 Å². The minimum atomic E-state index is -3.64. The first-order valence-corrected chi connectivity index (χ1v) is 7.79. The lowest BCUT2D eigenvalue weighted by Gasteiger charge is -2.06. The van der Waals surface area contributed by atoms with Crippen LogP contribution < -0.4 is 10.0 Å². The highest BCUT2D eigenvalue weighted by Gasteiger charge is 2.13. The van der Waals surface area contributed by atoms with Gasteiger partial charge in [0.1, 0.15) is 0 Å². The molecule has 0 aliphatic heterocycles. The average molecular weight is 357 g/mol. The van der Waals surface area contributed by atoms with E-state index in [1.807, 2.05) is 0 Å². The highest BCUT2D eigenvalue weighted by molar-refractivity contribution is 9.11. The Balaban J connectivity index is 2.81. The lowest BCUT2D eigenvalue weighted by atomic mass is 10.2. The second-order valence-corrected chi connectivity index (χ2v) is 6.64. The number of hydrogen-bond acceptors (Lipinski definition) is 3. The number of hydrogen-bond donors (Lipinski definition) is 2. The molecule has 5 nitrogen and oxygen atoms in total. The summed E-state index contributed by atoms with van der Waals surface area (Å²) < 4.78 is 26.4. The molecule has 106 valence electrons. The number of sulfonamides is 1. The molecule has 1 amide bonds. The van der Waals surface area contributed by atoms with Crippen molar-refractivity contribution in [3.8, 4) is 12.3 Å². The van der Waals surface area contributed by atoms with E-state index in [2.05, 4.69) is 38.5 Å². The van der Waals surface area contributed by atoms with Gasteiger partial charge < -0.3 is 5.32 Å². The van der Waals surface area contributed by atoms with Crippen molar-refractivity contribution >= 4 is 31.9 Å². The van der Waals surface area contributed by atoms with Crippen molar-refractivity contribution in [2.24, 2.45) is 0 Å². The van der Waals surface area contributed by atoms with Crippen LogP contribution in [0.2, 0.25) is 0 Å². The molecule has 2 N–H and O–H groups in total. The summed E-state index contributed by atoms with van der Waals surface area (Å²) in [6.45, 7) is 3.80. The van der Waals surface area contributed by atoms with Gasteiger partial charge in [0.05, 0.1) is 11.4 Å². The highest BCUT2D eigenvalue weighted by atomic mass is 79.9. The van der Waals surface area contributed by atoms with E-state index in [0.29, 0.717) is 16.6 Å². The van der Waals surface area contributed by atoms with Crippen LogP contribution in [0.3, 0.4) is 0 Å². The van der Waals surface area contributed by atoms with E-state index in [1.54, 1.807) is 0 Å². The third kappa shape index (κ3) is 4.81. The van der Waals surface area contributed by atoms with Gasteiger partial charge in [-0.1, -0.05) is 28.4 Å². The maximum atomic E-state index is 11.8. The summed E-state index contributed by atoms with van der Waals surface area (Å²) in [5, 5.41) is 2.61. The summed E-state index contributed by atoms with van der Waals surface area (Å²) in [6, 6.07) is 5.54. The van der Waals surface area contributed by atoms with Gasteiger partial charge in [0.15, 0.2) is 0 Å². The Morgan fingerprint density at radius 1 is 1.35 bits per heavy atom. The van der Waals surface area contributed by atoms with Crippen molar-refractivity contribution in [2.45, 2.75) is 4.90 Å². The molecule has 20 heavy (non-hydrogen) atoms. The summed E-state index contributed by atoms with van der Waals surface area (Å²) >= 11 is 3.12. The average Bonchev–Trinajstić information content (AvgIpc) is 2.42. The molecule has 0 atom stereocenters. The van der Waals surface area contributed by atoms with Crippen LogP contribution in [0.25, 0.3) is 0 Å². The van der Waals surface area contributed by atoms with Gasteiger partial charge >= 0.3 is 0 Å². The lowest BCUT2D eigenvalue weighted by Crippen LogP contribution is -2.25. The minimum Gasteiger partial charge on any atom is -0.347 e. The van der Waals surface area contributed by atoms with E-state index < -0.39 is 10.0 Å². The molecule has 7 heteroatoms. The summed E-state index contributed by atoms with van der Waals surface area (Å²) in [4.78, 5) is 11.8. The van der Waals surface area contributed by atoms with Crippen LogP contribution in [0, 0.1) is 12.3 Å². The molecule has 0 radical (unpaired) electrons. The smallest absolute Gasteiger partial charge is 0.251 e. The van der Waals surface area contributed by atoms with Gasteiger partial charge in [0, 0.05) is 16.6 Å². The number of carbonyl (C=O) groups excluding carboxylic acids is 1. The zero-order valence-corrected chi connectivity index (χ0v) is 12.9. The quantitative estimate of drug-likeness (QED) is 0.753. The monoisotopic (exact) mass is 356 g/mol. The fraction of sp³-hybridized carbons (Fsp3) is 0.154. The predicted molar refractivity (Wildman–Crippen MR) is 80.9 cm³/mol. The molecule has 1 aromatic rings. The molecular formula is C13H13BrN2O3S. The van der Waals surface area contributed by atoms with Crippen LogP contribution in [0.4, 0.5) is 0 Å². The molecule has 0 heterocycles. The largest absolute Gasteiger partial charge is 0.347 e. The third-order valence-electron chi connectivity index (χ3n) is 2.23. The minimum absolute atomic E-state index is 0.0502. The van der Waals surface area contributed by atoms with E-state index in [1.165, 1.54) is 24.3 Å². The van der Waals surface area contributed by atoms with Crippen molar-refractivity contribution in [3.05, 3.63) is 40.9 Å². The van der Waals surface area contributed by atoms with E-state index >= 15 is 0 Å². The van der Waals surface area contributed by atoms with Gasteiger partial charge in [-0.2, -0.15) is 4.72 Å². The summed E-state index contributed by atoms with van der Waals surface area (Å²) in [5.41, 5.74) is 0.356. The molecule has 0 spiro atoms. The standard InChI is InChI=1S/C13H13BrN2O3S/c1-3-8-16-20(18,19)12-6-4-11(5-7-12)13(17)15-9-10(2)14/h1,4-7,16H,2,8-9H2,(H,15,17). The van der Waals surface area contributed by atoms with Gasteiger partial charge in [-0.3, -0.25) is 4.79 Å². The fourth-order valence-corrected chi connectivity index (χ4v) is 2.36. The van der Waals surface area contributed by atoms with Gasteiger partial charge in [0.2, 0.25) is 10.0 Å².